The predicted octanol–water partition coefficient (Wildman–Crippen LogP) is 3.44. The molecule has 0 aliphatic heterocycles. The van der Waals surface area contributed by atoms with Crippen LogP contribution in [0.3, 0.4) is 0 Å². The number of nitrogens with zero attached hydrogens (tertiary/aromatic N) is 1. The number of likely N-dealkylation sites (N-methyl/N-ethyl adjacent to an activating group) is 1. The topological polar surface area (TPSA) is 32.7 Å². The Bertz CT molecular complexity index is 535. The van der Waals surface area contributed by atoms with Gasteiger partial charge < -0.3 is 14.7 Å². The number of rotatable bonds is 8. The first-order valence-corrected chi connectivity index (χ1v) is 7.91. The summed E-state index contributed by atoms with van der Waals surface area (Å²) in [5.41, 5.74) is 2.35. The van der Waals surface area contributed by atoms with Gasteiger partial charge in [-0.3, -0.25) is 0 Å². The van der Waals surface area contributed by atoms with Crippen molar-refractivity contribution in [1.82, 2.24) is 4.90 Å². The summed E-state index contributed by atoms with van der Waals surface area (Å²) in [5, 5.41) is 10.0. The third-order valence-electron chi connectivity index (χ3n) is 3.77. The van der Waals surface area contributed by atoms with Crippen molar-refractivity contribution in [2.24, 2.45) is 0 Å². The first-order valence-electron chi connectivity index (χ1n) is 7.91. The van der Waals surface area contributed by atoms with Crippen molar-refractivity contribution < 1.29 is 9.84 Å². The Kier molecular flexibility index (Phi) is 6.44. The van der Waals surface area contributed by atoms with Crippen LogP contribution in [0.4, 0.5) is 0 Å². The Morgan fingerprint density at radius 1 is 0.909 bits per heavy atom. The molecule has 0 fully saturated rings. The van der Waals surface area contributed by atoms with Crippen molar-refractivity contribution >= 4 is 0 Å². The SMILES string of the molecule is CCN(CC)CC(O)COc1ccc(-c2ccccc2)cc1. The van der Waals surface area contributed by atoms with Crippen molar-refractivity contribution in [3.63, 3.8) is 0 Å². The molecule has 2 aromatic rings. The van der Waals surface area contributed by atoms with Gasteiger partial charge in [-0.1, -0.05) is 56.3 Å². The summed E-state index contributed by atoms with van der Waals surface area (Å²) in [6.07, 6.45) is -0.464. The van der Waals surface area contributed by atoms with E-state index in [9.17, 15) is 5.11 Å². The van der Waals surface area contributed by atoms with E-state index < -0.39 is 6.10 Å². The lowest BCUT2D eigenvalue weighted by atomic mass is 10.1. The number of aliphatic hydroxyl groups is 1. The largest absolute Gasteiger partial charge is 0.491 e. The molecule has 0 saturated carbocycles. The molecule has 3 heteroatoms. The summed E-state index contributed by atoms with van der Waals surface area (Å²) < 4.78 is 5.67. The monoisotopic (exact) mass is 299 g/mol. The molecular weight excluding hydrogens is 274 g/mol. The summed E-state index contributed by atoms with van der Waals surface area (Å²) in [5.74, 6) is 0.790. The third-order valence-corrected chi connectivity index (χ3v) is 3.77. The molecule has 0 saturated heterocycles. The lowest BCUT2D eigenvalue weighted by Crippen LogP contribution is -2.35. The average Bonchev–Trinajstić information content (AvgIpc) is 2.59. The molecule has 118 valence electrons. The molecule has 22 heavy (non-hydrogen) atoms. The lowest BCUT2D eigenvalue weighted by molar-refractivity contribution is 0.0716. The smallest absolute Gasteiger partial charge is 0.119 e. The van der Waals surface area contributed by atoms with Gasteiger partial charge in [0.15, 0.2) is 0 Å². The lowest BCUT2D eigenvalue weighted by Gasteiger charge is -2.21. The molecule has 0 heterocycles. The standard InChI is InChI=1S/C19H25NO2/c1-3-20(4-2)14-18(21)15-22-19-12-10-17(11-13-19)16-8-6-5-7-9-16/h5-13,18,21H,3-4,14-15H2,1-2H3. The van der Waals surface area contributed by atoms with Crippen LogP contribution in [0.15, 0.2) is 54.6 Å². The maximum absolute atomic E-state index is 10.0. The number of benzene rings is 2. The van der Waals surface area contributed by atoms with E-state index in [-0.39, 0.29) is 0 Å². The van der Waals surface area contributed by atoms with Crippen molar-refractivity contribution in [2.45, 2.75) is 20.0 Å². The molecule has 0 amide bonds. The van der Waals surface area contributed by atoms with Crippen LogP contribution in [-0.4, -0.2) is 42.4 Å². The molecule has 1 atom stereocenters. The van der Waals surface area contributed by atoms with Crippen LogP contribution in [0.1, 0.15) is 13.8 Å². The van der Waals surface area contributed by atoms with Gasteiger partial charge in [0.05, 0.1) is 0 Å². The zero-order valence-corrected chi connectivity index (χ0v) is 13.4. The van der Waals surface area contributed by atoms with Crippen LogP contribution in [0, 0.1) is 0 Å². The minimum absolute atomic E-state index is 0.321. The molecule has 0 aliphatic carbocycles. The summed E-state index contributed by atoms with van der Waals surface area (Å²) >= 11 is 0. The third kappa shape index (κ3) is 4.86. The second-order valence-corrected chi connectivity index (χ2v) is 5.34. The van der Waals surface area contributed by atoms with Crippen LogP contribution in [-0.2, 0) is 0 Å². The average molecular weight is 299 g/mol. The highest BCUT2D eigenvalue weighted by atomic mass is 16.5. The van der Waals surface area contributed by atoms with Gasteiger partial charge in [-0.05, 0) is 36.3 Å². The van der Waals surface area contributed by atoms with E-state index in [0.29, 0.717) is 13.2 Å². The number of hydrogen-bond acceptors (Lipinski definition) is 3. The van der Waals surface area contributed by atoms with E-state index in [1.165, 1.54) is 5.56 Å². The predicted molar refractivity (Wildman–Crippen MR) is 91.2 cm³/mol. The van der Waals surface area contributed by atoms with Gasteiger partial charge in [0.2, 0.25) is 0 Å². The van der Waals surface area contributed by atoms with Crippen LogP contribution >= 0.6 is 0 Å². The second-order valence-electron chi connectivity index (χ2n) is 5.34. The molecular formula is C19H25NO2. The fourth-order valence-electron chi connectivity index (χ4n) is 2.40. The second kappa shape index (κ2) is 8.57. The van der Waals surface area contributed by atoms with Gasteiger partial charge in [-0.15, -0.1) is 0 Å². The highest BCUT2D eigenvalue weighted by molar-refractivity contribution is 5.63. The summed E-state index contributed by atoms with van der Waals surface area (Å²) in [6.45, 7) is 7.05. The number of aliphatic hydroxyl groups excluding tert-OH is 1. The van der Waals surface area contributed by atoms with E-state index in [1.807, 2.05) is 42.5 Å². The molecule has 0 bridgehead atoms. The number of ether oxygens (including phenoxy) is 1. The number of hydrogen-bond donors (Lipinski definition) is 1. The Labute approximate surface area is 133 Å². The first kappa shape index (κ1) is 16.5. The van der Waals surface area contributed by atoms with Crippen LogP contribution in [0.5, 0.6) is 5.75 Å². The van der Waals surface area contributed by atoms with Gasteiger partial charge in [0.25, 0.3) is 0 Å². The van der Waals surface area contributed by atoms with Crippen molar-refractivity contribution in [2.75, 3.05) is 26.2 Å². The molecule has 0 spiro atoms. The molecule has 0 radical (unpaired) electrons. The van der Waals surface area contributed by atoms with Crippen molar-refractivity contribution in [3.8, 4) is 16.9 Å². The van der Waals surface area contributed by atoms with Crippen LogP contribution in [0.25, 0.3) is 11.1 Å². The molecule has 1 unspecified atom stereocenters. The summed E-state index contributed by atoms with van der Waals surface area (Å²) in [6, 6.07) is 18.2. The Hall–Kier alpha value is -1.84. The first-order chi connectivity index (χ1) is 10.7. The highest BCUT2D eigenvalue weighted by Crippen LogP contribution is 2.22. The zero-order chi connectivity index (χ0) is 15.8. The van der Waals surface area contributed by atoms with Crippen molar-refractivity contribution in [3.05, 3.63) is 54.6 Å². The van der Waals surface area contributed by atoms with E-state index >= 15 is 0 Å². The van der Waals surface area contributed by atoms with Gasteiger partial charge in [-0.2, -0.15) is 0 Å². The Balaban J connectivity index is 1.86. The maximum Gasteiger partial charge on any atom is 0.119 e. The summed E-state index contributed by atoms with van der Waals surface area (Å²) in [4.78, 5) is 2.19. The fraction of sp³-hybridized carbons (Fsp3) is 0.368. The van der Waals surface area contributed by atoms with E-state index in [1.54, 1.807) is 0 Å². The zero-order valence-electron chi connectivity index (χ0n) is 13.4. The van der Waals surface area contributed by atoms with Gasteiger partial charge in [-0.25, -0.2) is 0 Å². The normalized spacial score (nSPS) is 12.4. The van der Waals surface area contributed by atoms with E-state index in [2.05, 4.69) is 30.9 Å². The van der Waals surface area contributed by atoms with Crippen LogP contribution < -0.4 is 4.74 Å². The minimum atomic E-state index is -0.464. The fourth-order valence-corrected chi connectivity index (χ4v) is 2.40. The molecule has 3 nitrogen and oxygen atoms in total. The summed E-state index contributed by atoms with van der Waals surface area (Å²) in [7, 11) is 0. The Morgan fingerprint density at radius 2 is 1.50 bits per heavy atom. The van der Waals surface area contributed by atoms with Gasteiger partial charge in [0.1, 0.15) is 18.5 Å². The van der Waals surface area contributed by atoms with Gasteiger partial charge in [0, 0.05) is 6.54 Å². The molecule has 0 aromatic heterocycles. The highest BCUT2D eigenvalue weighted by Gasteiger charge is 2.09. The maximum atomic E-state index is 10.0. The van der Waals surface area contributed by atoms with E-state index in [4.69, 9.17) is 4.74 Å². The minimum Gasteiger partial charge on any atom is -0.491 e. The van der Waals surface area contributed by atoms with E-state index in [0.717, 1.165) is 24.4 Å². The molecule has 2 rings (SSSR count). The molecule has 1 N–H and O–H groups in total. The molecule has 0 aliphatic rings. The quantitative estimate of drug-likeness (QED) is 0.810. The van der Waals surface area contributed by atoms with Gasteiger partial charge >= 0.3 is 0 Å². The van der Waals surface area contributed by atoms with Crippen LogP contribution in [0.2, 0.25) is 0 Å². The van der Waals surface area contributed by atoms with Crippen molar-refractivity contribution in [1.29, 1.82) is 0 Å². The Morgan fingerprint density at radius 3 is 2.09 bits per heavy atom. The molecule has 2 aromatic carbocycles.